The van der Waals surface area contributed by atoms with Gasteiger partial charge in [-0.15, -0.1) is 0 Å². The number of nitrogens with zero attached hydrogens (tertiary/aromatic N) is 2. The molecule has 2 aliphatic rings. The number of morpholine rings is 1. The molecule has 0 saturated carbocycles. The fourth-order valence-electron chi connectivity index (χ4n) is 3.39. The zero-order chi connectivity index (χ0) is 15.9. The predicted octanol–water partition coefficient (Wildman–Crippen LogP) is 1.59. The van der Waals surface area contributed by atoms with E-state index in [-0.39, 0.29) is 6.03 Å². The van der Waals surface area contributed by atoms with E-state index in [2.05, 4.69) is 34.5 Å². The van der Waals surface area contributed by atoms with Gasteiger partial charge < -0.3 is 15.0 Å². The highest BCUT2D eigenvalue weighted by molar-refractivity contribution is 5.74. The second-order valence-corrected chi connectivity index (χ2v) is 6.48. The minimum absolute atomic E-state index is 0.0915. The van der Waals surface area contributed by atoms with Crippen LogP contribution in [0.5, 0.6) is 0 Å². The van der Waals surface area contributed by atoms with Gasteiger partial charge in [-0.2, -0.15) is 0 Å². The van der Waals surface area contributed by atoms with Gasteiger partial charge in [0.2, 0.25) is 0 Å². The molecular weight excluding hydrogens is 290 g/mol. The standard InChI is InChI=1S/C18H27N3O2/c22-18(19-7-9-20-10-12-23-13-11-20)21-8-6-17(15-21)14-16-4-2-1-3-5-16/h1-5,17H,6-15H2,(H,19,22). The summed E-state index contributed by atoms with van der Waals surface area (Å²) in [4.78, 5) is 16.6. The predicted molar refractivity (Wildman–Crippen MR) is 90.5 cm³/mol. The van der Waals surface area contributed by atoms with Gasteiger partial charge in [0, 0.05) is 39.3 Å². The second-order valence-electron chi connectivity index (χ2n) is 6.48. The van der Waals surface area contributed by atoms with Crippen LogP contribution in [0.1, 0.15) is 12.0 Å². The molecular formula is C18H27N3O2. The topological polar surface area (TPSA) is 44.8 Å². The molecule has 2 saturated heterocycles. The number of urea groups is 1. The first kappa shape index (κ1) is 16.3. The molecule has 0 aromatic heterocycles. The van der Waals surface area contributed by atoms with Crippen LogP contribution in [0, 0.1) is 5.92 Å². The minimum atomic E-state index is 0.0915. The van der Waals surface area contributed by atoms with Crippen LogP contribution >= 0.6 is 0 Å². The van der Waals surface area contributed by atoms with Crippen molar-refractivity contribution in [2.45, 2.75) is 12.8 Å². The molecule has 0 spiro atoms. The second kappa shape index (κ2) is 8.31. The summed E-state index contributed by atoms with van der Waals surface area (Å²) >= 11 is 0. The van der Waals surface area contributed by atoms with E-state index in [9.17, 15) is 4.79 Å². The van der Waals surface area contributed by atoms with Gasteiger partial charge >= 0.3 is 6.03 Å². The van der Waals surface area contributed by atoms with Crippen LogP contribution in [0.3, 0.4) is 0 Å². The number of rotatable bonds is 5. The van der Waals surface area contributed by atoms with Crippen molar-refractivity contribution in [1.82, 2.24) is 15.1 Å². The number of ether oxygens (including phenoxy) is 1. The number of hydrogen-bond donors (Lipinski definition) is 1. The molecule has 126 valence electrons. The monoisotopic (exact) mass is 317 g/mol. The van der Waals surface area contributed by atoms with E-state index in [0.29, 0.717) is 5.92 Å². The third-order valence-electron chi connectivity index (χ3n) is 4.75. The molecule has 2 heterocycles. The van der Waals surface area contributed by atoms with Crippen molar-refractivity contribution in [3.8, 4) is 0 Å². The van der Waals surface area contributed by atoms with Crippen molar-refractivity contribution in [3.63, 3.8) is 0 Å². The molecule has 0 aliphatic carbocycles. The first-order chi connectivity index (χ1) is 11.3. The van der Waals surface area contributed by atoms with Crippen molar-refractivity contribution >= 4 is 6.03 Å². The maximum atomic E-state index is 12.3. The van der Waals surface area contributed by atoms with Crippen LogP contribution in [-0.4, -0.2) is 68.3 Å². The third-order valence-corrected chi connectivity index (χ3v) is 4.75. The van der Waals surface area contributed by atoms with Gasteiger partial charge in [0.15, 0.2) is 0 Å². The molecule has 0 radical (unpaired) electrons. The summed E-state index contributed by atoms with van der Waals surface area (Å²) in [5.41, 5.74) is 1.37. The van der Waals surface area contributed by atoms with Crippen LogP contribution in [-0.2, 0) is 11.2 Å². The Morgan fingerprint density at radius 1 is 1.17 bits per heavy atom. The molecule has 2 amide bonds. The van der Waals surface area contributed by atoms with Crippen LogP contribution in [0.15, 0.2) is 30.3 Å². The quantitative estimate of drug-likeness (QED) is 0.897. The molecule has 2 fully saturated rings. The first-order valence-electron chi connectivity index (χ1n) is 8.68. The molecule has 1 atom stereocenters. The van der Waals surface area contributed by atoms with E-state index in [1.165, 1.54) is 5.56 Å². The summed E-state index contributed by atoms with van der Waals surface area (Å²) < 4.78 is 5.33. The lowest BCUT2D eigenvalue weighted by atomic mass is 9.99. The average molecular weight is 317 g/mol. The zero-order valence-electron chi connectivity index (χ0n) is 13.7. The first-order valence-corrected chi connectivity index (χ1v) is 8.68. The molecule has 1 N–H and O–H groups in total. The van der Waals surface area contributed by atoms with E-state index < -0.39 is 0 Å². The molecule has 5 heteroatoms. The fourth-order valence-corrected chi connectivity index (χ4v) is 3.39. The van der Waals surface area contributed by atoms with Gasteiger partial charge in [0.25, 0.3) is 0 Å². The molecule has 1 unspecified atom stereocenters. The Morgan fingerprint density at radius 3 is 2.74 bits per heavy atom. The van der Waals surface area contributed by atoms with E-state index in [1.807, 2.05) is 11.0 Å². The Balaban J connectivity index is 1.35. The van der Waals surface area contributed by atoms with Gasteiger partial charge in [-0.05, 0) is 24.3 Å². The normalized spacial score (nSPS) is 22.3. The van der Waals surface area contributed by atoms with Crippen molar-refractivity contribution in [1.29, 1.82) is 0 Å². The minimum Gasteiger partial charge on any atom is -0.379 e. The van der Waals surface area contributed by atoms with E-state index in [4.69, 9.17) is 4.74 Å². The number of carbonyl (C=O) groups is 1. The third kappa shape index (κ3) is 4.94. The van der Waals surface area contributed by atoms with Crippen molar-refractivity contribution in [2.24, 2.45) is 5.92 Å². The van der Waals surface area contributed by atoms with E-state index >= 15 is 0 Å². The van der Waals surface area contributed by atoms with Gasteiger partial charge in [0.1, 0.15) is 0 Å². The summed E-state index contributed by atoms with van der Waals surface area (Å²) in [5, 5.41) is 3.06. The van der Waals surface area contributed by atoms with Crippen LogP contribution in [0.4, 0.5) is 4.79 Å². The number of hydrogen-bond acceptors (Lipinski definition) is 3. The summed E-state index contributed by atoms with van der Waals surface area (Å²) in [6.07, 6.45) is 2.17. The molecule has 23 heavy (non-hydrogen) atoms. The maximum Gasteiger partial charge on any atom is 0.317 e. The van der Waals surface area contributed by atoms with Crippen molar-refractivity contribution in [3.05, 3.63) is 35.9 Å². The van der Waals surface area contributed by atoms with E-state index in [1.54, 1.807) is 0 Å². The molecule has 2 aliphatic heterocycles. The Kier molecular flexibility index (Phi) is 5.88. The summed E-state index contributed by atoms with van der Waals surface area (Å²) in [6, 6.07) is 10.7. The number of amides is 2. The highest BCUT2D eigenvalue weighted by atomic mass is 16.5. The van der Waals surface area contributed by atoms with Gasteiger partial charge in [-0.1, -0.05) is 30.3 Å². The molecule has 5 nitrogen and oxygen atoms in total. The molecule has 0 bridgehead atoms. The zero-order valence-corrected chi connectivity index (χ0v) is 13.7. The van der Waals surface area contributed by atoms with Crippen LogP contribution in [0.2, 0.25) is 0 Å². The maximum absolute atomic E-state index is 12.3. The number of likely N-dealkylation sites (tertiary alicyclic amines) is 1. The highest BCUT2D eigenvalue weighted by Crippen LogP contribution is 2.20. The molecule has 1 aromatic rings. The highest BCUT2D eigenvalue weighted by Gasteiger charge is 2.26. The smallest absolute Gasteiger partial charge is 0.317 e. The van der Waals surface area contributed by atoms with Crippen LogP contribution < -0.4 is 5.32 Å². The fraction of sp³-hybridized carbons (Fsp3) is 0.611. The molecule has 3 rings (SSSR count). The van der Waals surface area contributed by atoms with Gasteiger partial charge in [0.05, 0.1) is 13.2 Å². The summed E-state index contributed by atoms with van der Waals surface area (Å²) in [7, 11) is 0. The Labute approximate surface area is 138 Å². The van der Waals surface area contributed by atoms with Crippen molar-refractivity contribution < 1.29 is 9.53 Å². The van der Waals surface area contributed by atoms with Crippen molar-refractivity contribution in [2.75, 3.05) is 52.5 Å². The summed E-state index contributed by atoms with van der Waals surface area (Å²) in [6.45, 7) is 6.94. The number of carbonyl (C=O) groups excluding carboxylic acids is 1. The van der Waals surface area contributed by atoms with E-state index in [0.717, 1.165) is 65.3 Å². The lowest BCUT2D eigenvalue weighted by Crippen LogP contribution is -2.44. The Hall–Kier alpha value is -1.59. The van der Waals surface area contributed by atoms with Gasteiger partial charge in [-0.25, -0.2) is 4.79 Å². The Bertz CT molecular complexity index is 488. The molecule has 1 aromatic carbocycles. The SMILES string of the molecule is O=C(NCCN1CCOCC1)N1CCC(Cc2ccccc2)C1. The lowest BCUT2D eigenvalue weighted by Gasteiger charge is -2.27. The largest absolute Gasteiger partial charge is 0.379 e. The van der Waals surface area contributed by atoms with Crippen LogP contribution in [0.25, 0.3) is 0 Å². The van der Waals surface area contributed by atoms with Gasteiger partial charge in [-0.3, -0.25) is 4.90 Å². The Morgan fingerprint density at radius 2 is 1.96 bits per heavy atom. The summed E-state index contributed by atoms with van der Waals surface area (Å²) in [5.74, 6) is 0.586. The number of benzene rings is 1. The number of nitrogens with one attached hydrogen (secondary N) is 1. The average Bonchev–Trinajstić information content (AvgIpc) is 3.05. The lowest BCUT2D eigenvalue weighted by molar-refractivity contribution is 0.0386.